The highest BCUT2D eigenvalue weighted by molar-refractivity contribution is 7.89. The molecule has 27 heavy (non-hydrogen) atoms. The topological polar surface area (TPSA) is 90.3 Å². The van der Waals surface area contributed by atoms with E-state index in [1.54, 1.807) is 43.4 Å². The smallest absolute Gasteiger partial charge is 0.261 e. The largest absolute Gasteiger partial charge is 0.495 e. The molecule has 0 bridgehead atoms. The monoisotopic (exact) mass is 387 g/mol. The van der Waals surface area contributed by atoms with Crippen molar-refractivity contribution in [2.75, 3.05) is 7.11 Å². The molecule has 0 fully saturated rings. The van der Waals surface area contributed by atoms with E-state index < -0.39 is 10.0 Å². The number of ether oxygens (including phenoxy) is 1. The zero-order valence-electron chi connectivity index (χ0n) is 15.6. The Hall–Kier alpha value is -2.71. The number of benzene rings is 2. The summed E-state index contributed by atoms with van der Waals surface area (Å²) in [6, 6.07) is 10.2. The highest BCUT2D eigenvalue weighted by atomic mass is 32.2. The summed E-state index contributed by atoms with van der Waals surface area (Å²) >= 11 is 0. The van der Waals surface area contributed by atoms with Crippen molar-refractivity contribution in [1.82, 2.24) is 14.3 Å². The molecule has 0 atom stereocenters. The predicted molar refractivity (Wildman–Crippen MR) is 103 cm³/mol. The van der Waals surface area contributed by atoms with Crippen LogP contribution in [-0.2, 0) is 23.6 Å². The van der Waals surface area contributed by atoms with Gasteiger partial charge in [-0.15, -0.1) is 0 Å². The summed E-state index contributed by atoms with van der Waals surface area (Å²) in [7, 11) is -0.854. The van der Waals surface area contributed by atoms with Crippen LogP contribution in [0.1, 0.15) is 17.0 Å². The van der Waals surface area contributed by atoms with Crippen LogP contribution in [0.5, 0.6) is 5.75 Å². The number of hydrogen-bond donors (Lipinski definition) is 1. The number of aromatic nitrogens is 2. The molecule has 0 aliphatic rings. The molecular weight excluding hydrogens is 366 g/mol. The van der Waals surface area contributed by atoms with E-state index in [0.29, 0.717) is 16.7 Å². The van der Waals surface area contributed by atoms with Gasteiger partial charge in [-0.25, -0.2) is 18.1 Å². The Morgan fingerprint density at radius 3 is 2.52 bits per heavy atom. The minimum Gasteiger partial charge on any atom is -0.495 e. The number of fused-ring (bicyclic) bond motifs is 1. The quantitative estimate of drug-likeness (QED) is 0.723. The Bertz CT molecular complexity index is 1180. The van der Waals surface area contributed by atoms with Gasteiger partial charge in [-0.05, 0) is 49.2 Å². The predicted octanol–water partition coefficient (Wildman–Crippen LogP) is 2.04. The van der Waals surface area contributed by atoms with Crippen molar-refractivity contribution in [3.05, 3.63) is 63.7 Å². The first-order chi connectivity index (χ1) is 12.7. The molecule has 7 nitrogen and oxygen atoms in total. The van der Waals surface area contributed by atoms with Crippen molar-refractivity contribution >= 4 is 20.9 Å². The molecule has 3 rings (SSSR count). The summed E-state index contributed by atoms with van der Waals surface area (Å²) in [5.74, 6) is 0.594. The minimum atomic E-state index is -3.85. The molecule has 1 heterocycles. The van der Waals surface area contributed by atoms with Crippen molar-refractivity contribution in [3.8, 4) is 5.75 Å². The molecule has 0 spiro atoms. The standard InChI is InChI=1S/C19H21N3O4S/c1-12-9-16(26-4)17(10-13(12)2)27(24,25)20-11-18-21-15-8-6-5-7-14(15)19(23)22(18)3/h5-10,20H,11H2,1-4H3. The van der Waals surface area contributed by atoms with Crippen LogP contribution in [0.3, 0.4) is 0 Å². The van der Waals surface area contributed by atoms with Crippen LogP contribution in [0.2, 0.25) is 0 Å². The summed E-state index contributed by atoms with van der Waals surface area (Å²) in [5.41, 5.74) is 2.08. The van der Waals surface area contributed by atoms with Gasteiger partial charge < -0.3 is 4.74 Å². The molecule has 0 amide bonds. The molecule has 0 saturated carbocycles. The van der Waals surface area contributed by atoms with E-state index in [9.17, 15) is 13.2 Å². The highest BCUT2D eigenvalue weighted by Crippen LogP contribution is 2.27. The van der Waals surface area contributed by atoms with Crippen LogP contribution in [0, 0.1) is 13.8 Å². The molecule has 0 aliphatic carbocycles. The fourth-order valence-electron chi connectivity index (χ4n) is 2.79. The molecule has 3 aromatic rings. The average Bonchev–Trinajstić information content (AvgIpc) is 2.65. The Morgan fingerprint density at radius 1 is 1.15 bits per heavy atom. The lowest BCUT2D eigenvalue weighted by Crippen LogP contribution is -2.30. The van der Waals surface area contributed by atoms with Crippen molar-refractivity contribution < 1.29 is 13.2 Å². The molecule has 0 saturated heterocycles. The van der Waals surface area contributed by atoms with E-state index in [2.05, 4.69) is 9.71 Å². The van der Waals surface area contributed by atoms with Gasteiger partial charge >= 0.3 is 0 Å². The number of nitrogens with one attached hydrogen (secondary N) is 1. The molecule has 8 heteroatoms. The van der Waals surface area contributed by atoms with Crippen LogP contribution in [0.25, 0.3) is 10.9 Å². The van der Waals surface area contributed by atoms with E-state index >= 15 is 0 Å². The molecule has 1 aromatic heterocycles. The Labute approximate surface area is 157 Å². The Balaban J connectivity index is 1.97. The minimum absolute atomic E-state index is 0.0545. The molecular formula is C19H21N3O4S. The van der Waals surface area contributed by atoms with E-state index in [1.165, 1.54) is 11.7 Å². The second-order valence-corrected chi connectivity index (χ2v) is 8.06. The summed E-state index contributed by atoms with van der Waals surface area (Å²) in [4.78, 5) is 16.9. The Morgan fingerprint density at radius 2 is 1.81 bits per heavy atom. The van der Waals surface area contributed by atoms with Gasteiger partial charge in [0.2, 0.25) is 10.0 Å². The third kappa shape index (κ3) is 3.58. The zero-order valence-corrected chi connectivity index (χ0v) is 16.4. The van der Waals surface area contributed by atoms with E-state index in [4.69, 9.17) is 4.74 Å². The second kappa shape index (κ2) is 7.13. The number of methoxy groups -OCH3 is 1. The van der Waals surface area contributed by atoms with Crippen LogP contribution in [0.4, 0.5) is 0 Å². The summed E-state index contributed by atoms with van der Waals surface area (Å²) in [6.45, 7) is 3.60. The van der Waals surface area contributed by atoms with Crippen molar-refractivity contribution in [2.24, 2.45) is 7.05 Å². The lowest BCUT2D eigenvalue weighted by molar-refractivity contribution is 0.401. The lowest BCUT2D eigenvalue weighted by Gasteiger charge is -2.14. The van der Waals surface area contributed by atoms with Gasteiger partial charge in [0, 0.05) is 7.05 Å². The van der Waals surface area contributed by atoms with Gasteiger partial charge in [0.25, 0.3) is 5.56 Å². The van der Waals surface area contributed by atoms with Crippen molar-refractivity contribution in [2.45, 2.75) is 25.3 Å². The number of rotatable bonds is 5. The lowest BCUT2D eigenvalue weighted by atomic mass is 10.1. The van der Waals surface area contributed by atoms with Crippen LogP contribution >= 0.6 is 0 Å². The van der Waals surface area contributed by atoms with E-state index in [0.717, 1.165) is 11.1 Å². The summed E-state index contributed by atoms with van der Waals surface area (Å²) in [5, 5.41) is 0.488. The molecule has 1 N–H and O–H groups in total. The molecule has 0 unspecified atom stereocenters. The van der Waals surface area contributed by atoms with E-state index in [1.807, 2.05) is 13.8 Å². The SMILES string of the molecule is COc1cc(C)c(C)cc1S(=O)(=O)NCc1nc2ccccc2c(=O)n1C. The summed E-state index contributed by atoms with van der Waals surface area (Å²) < 4.78 is 34.7. The first kappa shape index (κ1) is 19.1. The van der Waals surface area contributed by atoms with Gasteiger partial charge in [0.1, 0.15) is 16.5 Å². The maximum atomic E-state index is 12.8. The number of para-hydroxylation sites is 1. The number of sulfonamides is 1. The van der Waals surface area contributed by atoms with Gasteiger partial charge in [-0.1, -0.05) is 12.1 Å². The molecule has 0 radical (unpaired) electrons. The van der Waals surface area contributed by atoms with Gasteiger partial charge in [0.15, 0.2) is 0 Å². The molecule has 142 valence electrons. The molecule has 0 aliphatic heterocycles. The molecule has 2 aromatic carbocycles. The normalized spacial score (nSPS) is 11.7. The maximum absolute atomic E-state index is 12.8. The van der Waals surface area contributed by atoms with E-state index in [-0.39, 0.29) is 22.7 Å². The third-order valence-electron chi connectivity index (χ3n) is 4.57. The first-order valence-corrected chi connectivity index (χ1v) is 9.82. The zero-order chi connectivity index (χ0) is 19.8. The summed E-state index contributed by atoms with van der Waals surface area (Å²) in [6.07, 6.45) is 0. The highest BCUT2D eigenvalue weighted by Gasteiger charge is 2.21. The Kier molecular flexibility index (Phi) is 5.03. The average molecular weight is 387 g/mol. The van der Waals surface area contributed by atoms with Gasteiger partial charge in [-0.2, -0.15) is 0 Å². The number of nitrogens with zero attached hydrogens (tertiary/aromatic N) is 2. The fraction of sp³-hybridized carbons (Fsp3) is 0.263. The van der Waals surface area contributed by atoms with Crippen LogP contribution in [-0.4, -0.2) is 25.1 Å². The number of aryl methyl sites for hydroxylation is 2. The fourth-order valence-corrected chi connectivity index (χ4v) is 4.01. The van der Waals surface area contributed by atoms with Crippen LogP contribution < -0.4 is 15.0 Å². The van der Waals surface area contributed by atoms with Crippen molar-refractivity contribution in [3.63, 3.8) is 0 Å². The number of hydrogen-bond acceptors (Lipinski definition) is 5. The first-order valence-electron chi connectivity index (χ1n) is 8.34. The van der Waals surface area contributed by atoms with Gasteiger partial charge in [-0.3, -0.25) is 9.36 Å². The van der Waals surface area contributed by atoms with Crippen LogP contribution in [0.15, 0.2) is 46.1 Å². The van der Waals surface area contributed by atoms with Gasteiger partial charge in [0.05, 0.1) is 24.6 Å². The van der Waals surface area contributed by atoms with Crippen molar-refractivity contribution in [1.29, 1.82) is 0 Å². The maximum Gasteiger partial charge on any atom is 0.261 e. The third-order valence-corrected chi connectivity index (χ3v) is 5.99. The second-order valence-electron chi connectivity index (χ2n) is 6.32.